The molecule has 0 bridgehead atoms. The van der Waals surface area contributed by atoms with Gasteiger partial charge in [0.25, 0.3) is 0 Å². The Hall–Kier alpha value is -2.70. The molecule has 2 aromatic rings. The number of pyridine rings is 1. The normalized spacial score (nSPS) is 12.0. The van der Waals surface area contributed by atoms with E-state index in [-0.39, 0.29) is 17.7 Å². The fourth-order valence-electron chi connectivity index (χ4n) is 2.15. The first-order valence-electron chi connectivity index (χ1n) is 7.47. The van der Waals surface area contributed by atoms with Gasteiger partial charge in [-0.05, 0) is 29.7 Å². The molecule has 0 aromatic carbocycles. The van der Waals surface area contributed by atoms with Gasteiger partial charge < -0.3 is 10.6 Å². The number of amides is 2. The van der Waals surface area contributed by atoms with Crippen LogP contribution in [0.4, 0.5) is 0 Å². The third kappa shape index (κ3) is 4.64. The summed E-state index contributed by atoms with van der Waals surface area (Å²) in [4.78, 5) is 27.7. The van der Waals surface area contributed by atoms with Crippen LogP contribution in [0.1, 0.15) is 26.3 Å². The summed E-state index contributed by atoms with van der Waals surface area (Å²) in [7, 11) is 0. The molecule has 7 nitrogen and oxygen atoms in total. The SMILES string of the molecule is CC(=O)NC(C(=O)NCc1ccnc(-n2cccn2)c1)C(C)C. The zero-order valence-electron chi connectivity index (χ0n) is 13.5. The standard InChI is InChI=1S/C16H21N5O2/c1-11(2)15(20-12(3)22)16(23)18-10-13-5-7-17-14(9-13)21-8-4-6-19-21/h4-9,11,15H,10H2,1-3H3,(H,18,23)(H,20,22). The fourth-order valence-corrected chi connectivity index (χ4v) is 2.15. The zero-order chi connectivity index (χ0) is 16.8. The van der Waals surface area contributed by atoms with Crippen LogP contribution in [-0.2, 0) is 16.1 Å². The molecule has 0 saturated heterocycles. The minimum atomic E-state index is -0.542. The lowest BCUT2D eigenvalue weighted by Crippen LogP contribution is -2.48. The Morgan fingerprint density at radius 3 is 2.70 bits per heavy atom. The van der Waals surface area contributed by atoms with E-state index in [1.807, 2.05) is 32.0 Å². The highest BCUT2D eigenvalue weighted by Gasteiger charge is 2.22. The Labute approximate surface area is 135 Å². The molecule has 1 atom stereocenters. The molecule has 2 aromatic heterocycles. The largest absolute Gasteiger partial charge is 0.350 e. The summed E-state index contributed by atoms with van der Waals surface area (Å²) in [5, 5.41) is 9.65. The topological polar surface area (TPSA) is 88.9 Å². The van der Waals surface area contributed by atoms with Gasteiger partial charge in [0.1, 0.15) is 6.04 Å². The van der Waals surface area contributed by atoms with Crippen LogP contribution >= 0.6 is 0 Å². The maximum atomic E-state index is 12.2. The molecule has 0 aliphatic rings. The summed E-state index contributed by atoms with van der Waals surface area (Å²) >= 11 is 0. The molecule has 1 unspecified atom stereocenters. The lowest BCUT2D eigenvalue weighted by atomic mass is 10.0. The lowest BCUT2D eigenvalue weighted by molar-refractivity contribution is -0.129. The van der Waals surface area contributed by atoms with Gasteiger partial charge in [-0.1, -0.05) is 13.8 Å². The Kier molecular flexibility index (Phi) is 5.46. The quantitative estimate of drug-likeness (QED) is 0.834. The molecular weight excluding hydrogens is 294 g/mol. The predicted molar refractivity (Wildman–Crippen MR) is 85.6 cm³/mol. The van der Waals surface area contributed by atoms with E-state index in [0.717, 1.165) is 5.56 Å². The van der Waals surface area contributed by atoms with Crippen molar-refractivity contribution in [2.75, 3.05) is 0 Å². The van der Waals surface area contributed by atoms with E-state index >= 15 is 0 Å². The van der Waals surface area contributed by atoms with Crippen molar-refractivity contribution in [1.82, 2.24) is 25.4 Å². The number of carbonyl (C=O) groups excluding carboxylic acids is 2. The maximum absolute atomic E-state index is 12.2. The van der Waals surface area contributed by atoms with Gasteiger partial charge >= 0.3 is 0 Å². The average Bonchev–Trinajstić information content (AvgIpc) is 3.04. The van der Waals surface area contributed by atoms with Crippen LogP contribution in [0.3, 0.4) is 0 Å². The molecule has 2 N–H and O–H groups in total. The first-order valence-corrected chi connectivity index (χ1v) is 7.47. The molecule has 0 aliphatic carbocycles. The Balaban J connectivity index is 2.01. The third-order valence-electron chi connectivity index (χ3n) is 3.32. The van der Waals surface area contributed by atoms with E-state index < -0.39 is 6.04 Å². The highest BCUT2D eigenvalue weighted by atomic mass is 16.2. The zero-order valence-corrected chi connectivity index (χ0v) is 13.5. The van der Waals surface area contributed by atoms with Crippen LogP contribution in [0.15, 0.2) is 36.8 Å². The molecule has 2 amide bonds. The molecule has 0 fully saturated rings. The highest BCUT2D eigenvalue weighted by Crippen LogP contribution is 2.07. The molecule has 0 spiro atoms. The summed E-state index contributed by atoms with van der Waals surface area (Å²) in [6.45, 7) is 5.55. The van der Waals surface area contributed by atoms with Gasteiger partial charge in [0, 0.05) is 32.1 Å². The molecule has 2 rings (SSSR count). The Morgan fingerprint density at radius 1 is 1.30 bits per heavy atom. The van der Waals surface area contributed by atoms with Crippen molar-refractivity contribution in [3.63, 3.8) is 0 Å². The molecule has 0 saturated carbocycles. The average molecular weight is 315 g/mol. The van der Waals surface area contributed by atoms with Crippen molar-refractivity contribution in [2.24, 2.45) is 5.92 Å². The van der Waals surface area contributed by atoms with Gasteiger partial charge in [-0.2, -0.15) is 5.10 Å². The number of hydrogen-bond donors (Lipinski definition) is 2. The van der Waals surface area contributed by atoms with Gasteiger partial charge in [-0.25, -0.2) is 9.67 Å². The second-order valence-electron chi connectivity index (χ2n) is 5.61. The van der Waals surface area contributed by atoms with Gasteiger partial charge in [0.2, 0.25) is 11.8 Å². The van der Waals surface area contributed by atoms with E-state index in [9.17, 15) is 9.59 Å². The first kappa shape index (κ1) is 16.7. The van der Waals surface area contributed by atoms with Gasteiger partial charge in [0.05, 0.1) is 0 Å². The van der Waals surface area contributed by atoms with Gasteiger partial charge in [-0.15, -0.1) is 0 Å². The Morgan fingerprint density at radius 2 is 2.09 bits per heavy atom. The van der Waals surface area contributed by atoms with Gasteiger partial charge in [-0.3, -0.25) is 9.59 Å². The van der Waals surface area contributed by atoms with Crippen LogP contribution in [0, 0.1) is 5.92 Å². The van der Waals surface area contributed by atoms with Crippen LogP contribution in [0.25, 0.3) is 5.82 Å². The predicted octanol–water partition coefficient (Wildman–Crippen LogP) is 1.04. The van der Waals surface area contributed by atoms with E-state index in [1.54, 1.807) is 23.3 Å². The molecule has 23 heavy (non-hydrogen) atoms. The highest BCUT2D eigenvalue weighted by molar-refractivity contribution is 5.87. The molecule has 0 aliphatic heterocycles. The van der Waals surface area contributed by atoms with Crippen LogP contribution in [0.5, 0.6) is 0 Å². The van der Waals surface area contributed by atoms with E-state index in [2.05, 4.69) is 20.7 Å². The lowest BCUT2D eigenvalue weighted by Gasteiger charge is -2.21. The van der Waals surface area contributed by atoms with Crippen molar-refractivity contribution in [3.8, 4) is 5.82 Å². The van der Waals surface area contributed by atoms with Gasteiger partial charge in [0.15, 0.2) is 5.82 Å². The number of nitrogens with one attached hydrogen (secondary N) is 2. The minimum Gasteiger partial charge on any atom is -0.350 e. The molecule has 2 heterocycles. The molecular formula is C16H21N5O2. The first-order chi connectivity index (χ1) is 11.0. The number of hydrogen-bond acceptors (Lipinski definition) is 4. The maximum Gasteiger partial charge on any atom is 0.243 e. The summed E-state index contributed by atoms with van der Waals surface area (Å²) in [5.41, 5.74) is 0.907. The number of aromatic nitrogens is 3. The van der Waals surface area contributed by atoms with Crippen molar-refractivity contribution >= 4 is 11.8 Å². The monoisotopic (exact) mass is 315 g/mol. The molecule has 7 heteroatoms. The smallest absolute Gasteiger partial charge is 0.243 e. The number of rotatable bonds is 6. The summed E-state index contributed by atoms with van der Waals surface area (Å²) in [6.07, 6.45) is 5.15. The van der Waals surface area contributed by atoms with Crippen molar-refractivity contribution < 1.29 is 9.59 Å². The van der Waals surface area contributed by atoms with E-state index in [1.165, 1.54) is 6.92 Å². The van der Waals surface area contributed by atoms with Crippen molar-refractivity contribution in [1.29, 1.82) is 0 Å². The van der Waals surface area contributed by atoms with Crippen LogP contribution in [0.2, 0.25) is 0 Å². The van der Waals surface area contributed by atoms with Crippen molar-refractivity contribution in [3.05, 3.63) is 42.4 Å². The summed E-state index contributed by atoms with van der Waals surface area (Å²) in [6, 6.07) is 4.96. The molecule has 122 valence electrons. The minimum absolute atomic E-state index is 0.0102. The summed E-state index contributed by atoms with van der Waals surface area (Å²) < 4.78 is 1.65. The van der Waals surface area contributed by atoms with Crippen molar-refractivity contribution in [2.45, 2.75) is 33.4 Å². The third-order valence-corrected chi connectivity index (χ3v) is 3.32. The van der Waals surface area contributed by atoms with Crippen LogP contribution in [-0.4, -0.2) is 32.6 Å². The number of carbonyl (C=O) groups is 2. The van der Waals surface area contributed by atoms with E-state index in [4.69, 9.17) is 0 Å². The van der Waals surface area contributed by atoms with Crippen LogP contribution < -0.4 is 10.6 Å². The summed E-state index contributed by atoms with van der Waals surface area (Å²) in [5.74, 6) is 0.274. The number of nitrogens with zero attached hydrogens (tertiary/aromatic N) is 3. The second-order valence-corrected chi connectivity index (χ2v) is 5.61. The Bertz CT molecular complexity index is 667. The fraction of sp³-hybridized carbons (Fsp3) is 0.375. The second kappa shape index (κ2) is 7.53. The molecule has 0 radical (unpaired) electrons. The van der Waals surface area contributed by atoms with E-state index in [0.29, 0.717) is 12.4 Å².